The smallest absolute Gasteiger partial charge is 0.367 e. The summed E-state index contributed by atoms with van der Waals surface area (Å²) in [5.74, 6) is -0.654. The first-order chi connectivity index (χ1) is 11.5. The number of rotatable bonds is 4. The van der Waals surface area contributed by atoms with E-state index < -0.39 is 15.8 Å². The fourth-order valence-electron chi connectivity index (χ4n) is 1.69. The highest BCUT2D eigenvalue weighted by molar-refractivity contribution is 8.15. The lowest BCUT2D eigenvalue weighted by Gasteiger charge is -2.06. The van der Waals surface area contributed by atoms with Crippen LogP contribution in [-0.2, 0) is 23.6 Å². The number of carbonyl (C=O) groups excluding carboxylic acids is 1. The zero-order chi connectivity index (χ0) is 17.4. The molecule has 2 rings (SSSR count). The molecule has 7 heteroatoms. The second-order valence-corrected chi connectivity index (χ2v) is 7.84. The van der Waals surface area contributed by atoms with Crippen molar-refractivity contribution in [2.24, 2.45) is 5.16 Å². The molecule has 0 N–H and O–H groups in total. The Balaban J connectivity index is 2.22. The number of thioether (sulfide) groups is 1. The van der Waals surface area contributed by atoms with E-state index in [0.29, 0.717) is 0 Å². The van der Waals surface area contributed by atoms with Crippen LogP contribution in [0.4, 0.5) is 0 Å². The molecule has 2 aromatic carbocycles. The first-order valence-electron chi connectivity index (χ1n) is 6.97. The van der Waals surface area contributed by atoms with Crippen molar-refractivity contribution in [3.8, 4) is 0 Å². The monoisotopic (exact) mass is 363 g/mol. The summed E-state index contributed by atoms with van der Waals surface area (Å²) < 4.78 is 22.3. The van der Waals surface area contributed by atoms with Crippen molar-refractivity contribution in [3.63, 3.8) is 0 Å². The maximum atomic E-state index is 12.5. The maximum absolute atomic E-state index is 12.5. The van der Waals surface area contributed by atoms with Gasteiger partial charge in [0, 0.05) is 16.5 Å². The molecule has 1 unspecified atom stereocenters. The van der Waals surface area contributed by atoms with Crippen LogP contribution in [0.3, 0.4) is 0 Å². The average Bonchev–Trinajstić information content (AvgIpc) is 2.59. The summed E-state index contributed by atoms with van der Waals surface area (Å²) in [4.78, 5) is 12.6. The Hall–Kier alpha value is -2.25. The molecular weight excluding hydrogens is 346 g/mol. The van der Waals surface area contributed by atoms with Crippen LogP contribution in [-0.4, -0.2) is 34.0 Å². The fourth-order valence-corrected chi connectivity index (χ4v) is 3.42. The number of nitrogens with zero attached hydrogens (tertiary/aromatic N) is 1. The second kappa shape index (κ2) is 8.56. The molecule has 5 nitrogen and oxygen atoms in total. The van der Waals surface area contributed by atoms with Crippen LogP contribution in [0.2, 0.25) is 0 Å². The Kier molecular flexibility index (Phi) is 6.45. The molecule has 24 heavy (non-hydrogen) atoms. The molecule has 0 radical (unpaired) electrons. The van der Waals surface area contributed by atoms with E-state index in [9.17, 15) is 9.00 Å². The Morgan fingerprint density at radius 1 is 1.08 bits per heavy atom. The van der Waals surface area contributed by atoms with E-state index in [1.807, 2.05) is 48.5 Å². The van der Waals surface area contributed by atoms with Gasteiger partial charge in [0.05, 0.1) is 7.11 Å². The zero-order valence-electron chi connectivity index (χ0n) is 13.2. The lowest BCUT2D eigenvalue weighted by molar-refractivity contribution is -0.132. The molecule has 0 aliphatic rings. The van der Waals surface area contributed by atoms with Crippen molar-refractivity contribution in [1.82, 2.24) is 0 Å². The van der Waals surface area contributed by atoms with E-state index >= 15 is 0 Å². The van der Waals surface area contributed by atoms with Gasteiger partial charge in [-0.25, -0.2) is 9.00 Å². The van der Waals surface area contributed by atoms with Gasteiger partial charge in [0.25, 0.3) is 0 Å². The third kappa shape index (κ3) is 5.75. The number of hydrogen-bond acceptors (Lipinski definition) is 6. The van der Waals surface area contributed by atoms with Crippen molar-refractivity contribution in [3.05, 3.63) is 66.2 Å². The lowest BCUT2D eigenvalue weighted by Crippen LogP contribution is -2.14. The van der Waals surface area contributed by atoms with Crippen LogP contribution >= 0.6 is 11.8 Å². The van der Waals surface area contributed by atoms with E-state index in [0.717, 1.165) is 22.2 Å². The Labute approximate surface area is 145 Å². The highest BCUT2D eigenvalue weighted by Crippen LogP contribution is 2.20. The van der Waals surface area contributed by atoms with Crippen LogP contribution in [0.5, 0.6) is 0 Å². The molecule has 126 valence electrons. The number of ether oxygens (including phenoxy) is 1. The van der Waals surface area contributed by atoms with Gasteiger partial charge in [-0.05, 0) is 17.7 Å². The number of oxime groups is 1. The van der Waals surface area contributed by atoms with Gasteiger partial charge in [0.15, 0.2) is 0 Å². The minimum atomic E-state index is -2.85. The predicted molar refractivity (Wildman–Crippen MR) is 98.5 cm³/mol. The zero-order valence-corrected chi connectivity index (χ0v) is 14.9. The van der Waals surface area contributed by atoms with Gasteiger partial charge >= 0.3 is 5.97 Å². The van der Waals surface area contributed by atoms with Crippen LogP contribution in [0.25, 0.3) is 0 Å². The molecule has 2 aromatic rings. The fraction of sp³-hybridized carbons (Fsp3) is 0.118. The van der Waals surface area contributed by atoms with Crippen molar-refractivity contribution in [2.45, 2.75) is 4.90 Å². The average molecular weight is 363 g/mol. The molecule has 0 aromatic heterocycles. The number of hydrogen-bond donors (Lipinski definition) is 0. The van der Waals surface area contributed by atoms with E-state index in [1.165, 1.54) is 18.7 Å². The molecule has 0 heterocycles. The molecule has 0 aliphatic heterocycles. The largest absolute Gasteiger partial charge is 0.464 e. The molecule has 0 saturated carbocycles. The molecule has 0 fully saturated rings. The molecule has 1 atom stereocenters. The van der Waals surface area contributed by atoms with Gasteiger partial charge in [-0.2, -0.15) is 0 Å². The quantitative estimate of drug-likeness (QED) is 0.209. The minimum absolute atomic E-state index is 0.0280. The van der Waals surface area contributed by atoms with E-state index in [4.69, 9.17) is 9.02 Å². The van der Waals surface area contributed by atoms with Gasteiger partial charge in [0.2, 0.25) is 5.04 Å². The molecule has 0 spiro atoms. The summed E-state index contributed by atoms with van der Waals surface area (Å²) in [5, 5.41) is 5.20. The molecular formula is C17H17NO4S2. The number of esters is 1. The molecule has 0 amide bonds. The maximum Gasteiger partial charge on any atom is 0.367 e. The number of benzene rings is 2. The highest BCUT2D eigenvalue weighted by Gasteiger charge is 2.16. The first kappa shape index (κ1) is 18.1. The van der Waals surface area contributed by atoms with E-state index in [1.54, 1.807) is 12.1 Å². The molecule has 0 saturated heterocycles. The summed E-state index contributed by atoms with van der Waals surface area (Å²) in [5.41, 5.74) is 0.746. The van der Waals surface area contributed by atoms with E-state index in [2.05, 4.69) is 5.16 Å². The standard InChI is InChI=1S/C17H17NO4S2/c1-21-17(19)16(23-15-11-7-4-8-12-15)18-22-24(2,20)13-14-9-5-3-6-10-14/h3-13H,1-2H3. The van der Waals surface area contributed by atoms with Crippen LogP contribution in [0, 0.1) is 0 Å². The third-order valence-corrected chi connectivity index (χ3v) is 4.75. The summed E-state index contributed by atoms with van der Waals surface area (Å²) in [7, 11) is -1.59. The molecule has 0 bridgehead atoms. The summed E-state index contributed by atoms with van der Waals surface area (Å²) in [6, 6.07) is 18.3. The van der Waals surface area contributed by atoms with Gasteiger partial charge < -0.3 is 9.02 Å². The van der Waals surface area contributed by atoms with Gasteiger partial charge in [-0.1, -0.05) is 65.4 Å². The minimum Gasteiger partial charge on any atom is -0.464 e. The first-order valence-corrected chi connectivity index (χ1v) is 9.74. The Bertz CT molecular complexity index is 826. The second-order valence-electron chi connectivity index (χ2n) is 4.74. The molecule has 0 aliphatic carbocycles. The lowest BCUT2D eigenvalue weighted by atomic mass is 10.2. The Morgan fingerprint density at radius 2 is 1.67 bits per heavy atom. The van der Waals surface area contributed by atoms with Gasteiger partial charge in [-0.15, -0.1) is 0 Å². The van der Waals surface area contributed by atoms with Crippen LogP contribution in [0.1, 0.15) is 5.56 Å². The summed E-state index contributed by atoms with van der Waals surface area (Å²) in [6.45, 7) is 0. The summed E-state index contributed by atoms with van der Waals surface area (Å²) in [6.07, 6.45) is 1.41. The topological polar surface area (TPSA) is 65.0 Å². The van der Waals surface area contributed by atoms with Crippen molar-refractivity contribution < 1.29 is 18.0 Å². The van der Waals surface area contributed by atoms with Crippen molar-refractivity contribution in [2.75, 3.05) is 13.4 Å². The Morgan fingerprint density at radius 3 is 2.25 bits per heavy atom. The third-order valence-electron chi connectivity index (χ3n) is 2.74. The SMILES string of the molecule is COC(=O)C(=NOS(C)(=O)=Cc1ccccc1)Sc1ccccc1. The predicted octanol–water partition coefficient (Wildman–Crippen LogP) is 2.96. The summed E-state index contributed by atoms with van der Waals surface area (Å²) >= 11 is 1.08. The number of methoxy groups -OCH3 is 1. The van der Waals surface area contributed by atoms with Gasteiger partial charge in [0.1, 0.15) is 9.80 Å². The van der Waals surface area contributed by atoms with Gasteiger partial charge in [-0.3, -0.25) is 0 Å². The van der Waals surface area contributed by atoms with E-state index in [-0.39, 0.29) is 5.04 Å². The highest BCUT2D eigenvalue weighted by atomic mass is 32.2. The van der Waals surface area contributed by atoms with Crippen molar-refractivity contribution in [1.29, 1.82) is 0 Å². The number of carbonyl (C=O) groups is 1. The van der Waals surface area contributed by atoms with Crippen LogP contribution in [0.15, 0.2) is 70.7 Å². The van der Waals surface area contributed by atoms with Crippen LogP contribution < -0.4 is 0 Å². The van der Waals surface area contributed by atoms with Crippen molar-refractivity contribution >= 4 is 37.9 Å². The normalized spacial score (nSPS) is 13.7.